The van der Waals surface area contributed by atoms with Crippen molar-refractivity contribution in [3.8, 4) is 0 Å². The quantitative estimate of drug-likeness (QED) is 0.633. The molecule has 1 saturated heterocycles. The minimum Gasteiger partial charge on any atom is -0.357 e. The van der Waals surface area contributed by atoms with Crippen LogP contribution in [0.2, 0.25) is 0 Å². The Kier molecular flexibility index (Phi) is 5.78. The molecule has 0 bridgehead atoms. The Balaban J connectivity index is 1.32. The second-order valence-corrected chi connectivity index (χ2v) is 8.51. The van der Waals surface area contributed by atoms with Crippen molar-refractivity contribution < 1.29 is 0 Å². The van der Waals surface area contributed by atoms with E-state index < -0.39 is 0 Å². The fourth-order valence-corrected chi connectivity index (χ4v) is 4.99. The zero-order chi connectivity index (χ0) is 18.6. The van der Waals surface area contributed by atoms with E-state index in [0.29, 0.717) is 5.92 Å². The number of fused-ring (bicyclic) bond motifs is 1. The number of hydrogen-bond acceptors (Lipinski definition) is 4. The van der Waals surface area contributed by atoms with Crippen LogP contribution in [0, 0.1) is 0 Å². The molecule has 0 saturated carbocycles. The van der Waals surface area contributed by atoms with Gasteiger partial charge in [0.2, 0.25) is 0 Å². The molecule has 4 heterocycles. The first-order valence-corrected chi connectivity index (χ1v) is 10.9. The van der Waals surface area contributed by atoms with Gasteiger partial charge in [-0.3, -0.25) is 14.6 Å². The molecule has 0 amide bonds. The lowest BCUT2D eigenvalue weighted by atomic mass is 10.0. The van der Waals surface area contributed by atoms with Crippen molar-refractivity contribution >= 4 is 17.3 Å². The number of aryl methyl sites for hydroxylation is 1. The number of hydrogen-bond donors (Lipinski definition) is 1. The van der Waals surface area contributed by atoms with Gasteiger partial charge in [-0.2, -0.15) is 5.10 Å². The summed E-state index contributed by atoms with van der Waals surface area (Å²) in [6.45, 7) is 9.28. The number of nitrogens with one attached hydrogen (secondary N) is 1. The second-order valence-electron chi connectivity index (χ2n) is 7.51. The Hall–Kier alpha value is -1.86. The molecule has 2 aliphatic heterocycles. The number of thiophene rings is 1. The third kappa shape index (κ3) is 4.35. The number of rotatable bonds is 5. The molecular weight excluding hydrogens is 356 g/mol. The lowest BCUT2D eigenvalue weighted by Gasteiger charge is -2.26. The molecule has 2 aromatic rings. The zero-order valence-electron chi connectivity index (χ0n) is 16.4. The van der Waals surface area contributed by atoms with Crippen LogP contribution in [0.4, 0.5) is 0 Å². The van der Waals surface area contributed by atoms with Crippen molar-refractivity contribution in [2.75, 3.05) is 39.3 Å². The predicted octanol–water partition coefficient (Wildman–Crippen LogP) is 2.29. The molecule has 1 unspecified atom stereocenters. The van der Waals surface area contributed by atoms with Crippen LogP contribution < -0.4 is 5.32 Å². The summed E-state index contributed by atoms with van der Waals surface area (Å²) in [5.41, 5.74) is 2.86. The Labute approximate surface area is 165 Å². The van der Waals surface area contributed by atoms with Crippen molar-refractivity contribution in [3.05, 3.63) is 39.8 Å². The lowest BCUT2D eigenvalue weighted by Crippen LogP contribution is -2.40. The minimum absolute atomic E-state index is 0.557. The van der Waals surface area contributed by atoms with Crippen LogP contribution in [0.15, 0.2) is 28.8 Å². The highest BCUT2D eigenvalue weighted by atomic mass is 32.1. The van der Waals surface area contributed by atoms with Gasteiger partial charge >= 0.3 is 0 Å². The van der Waals surface area contributed by atoms with Gasteiger partial charge in [-0.05, 0) is 42.3 Å². The minimum atomic E-state index is 0.557. The Morgan fingerprint density at radius 2 is 2.33 bits per heavy atom. The Bertz CT molecular complexity index is 779. The highest BCUT2D eigenvalue weighted by molar-refractivity contribution is 7.10. The van der Waals surface area contributed by atoms with Crippen molar-refractivity contribution in [1.29, 1.82) is 0 Å². The highest BCUT2D eigenvalue weighted by Gasteiger charge is 2.27. The molecule has 1 atom stereocenters. The number of likely N-dealkylation sites (tertiary alicyclic amines) is 1. The van der Waals surface area contributed by atoms with Gasteiger partial charge in [-0.25, -0.2) is 0 Å². The molecule has 0 spiro atoms. The SMILES string of the molecule is CCNC(=NCCN1CCc2sccc2C1)N1CCC(c2cnn(C)c2)C1. The smallest absolute Gasteiger partial charge is 0.193 e. The van der Waals surface area contributed by atoms with Crippen molar-refractivity contribution in [2.45, 2.75) is 32.2 Å². The number of aliphatic imine (C=N–C) groups is 1. The Morgan fingerprint density at radius 3 is 3.15 bits per heavy atom. The van der Waals surface area contributed by atoms with Crippen LogP contribution in [0.3, 0.4) is 0 Å². The fourth-order valence-electron chi connectivity index (χ4n) is 4.10. The van der Waals surface area contributed by atoms with Gasteiger partial charge in [-0.1, -0.05) is 0 Å². The van der Waals surface area contributed by atoms with E-state index in [-0.39, 0.29) is 0 Å². The first kappa shape index (κ1) is 18.5. The van der Waals surface area contributed by atoms with Crippen LogP contribution in [0.5, 0.6) is 0 Å². The number of aromatic nitrogens is 2. The fraction of sp³-hybridized carbons (Fsp3) is 0.600. The molecule has 0 radical (unpaired) electrons. The van der Waals surface area contributed by atoms with Gasteiger partial charge in [0, 0.05) is 63.3 Å². The maximum atomic E-state index is 4.94. The first-order valence-electron chi connectivity index (χ1n) is 10.0. The van der Waals surface area contributed by atoms with Crippen molar-refractivity contribution in [1.82, 2.24) is 24.9 Å². The average molecular weight is 387 g/mol. The van der Waals surface area contributed by atoms with E-state index in [0.717, 1.165) is 51.8 Å². The number of guanidine groups is 1. The molecule has 1 N–H and O–H groups in total. The molecule has 6 nitrogen and oxygen atoms in total. The molecule has 1 fully saturated rings. The van der Waals surface area contributed by atoms with Crippen molar-refractivity contribution in [2.24, 2.45) is 12.0 Å². The molecule has 146 valence electrons. The summed E-state index contributed by atoms with van der Waals surface area (Å²) in [5, 5.41) is 10.0. The van der Waals surface area contributed by atoms with Gasteiger partial charge in [0.05, 0.1) is 12.7 Å². The molecule has 4 rings (SSSR count). The summed E-state index contributed by atoms with van der Waals surface area (Å²) in [6.07, 6.45) is 6.51. The summed E-state index contributed by atoms with van der Waals surface area (Å²) in [6, 6.07) is 2.28. The van der Waals surface area contributed by atoms with E-state index in [4.69, 9.17) is 4.99 Å². The van der Waals surface area contributed by atoms with Crippen LogP contribution in [0.1, 0.15) is 35.3 Å². The maximum Gasteiger partial charge on any atom is 0.193 e. The highest BCUT2D eigenvalue weighted by Crippen LogP contribution is 2.27. The predicted molar refractivity (Wildman–Crippen MR) is 111 cm³/mol. The Morgan fingerprint density at radius 1 is 1.41 bits per heavy atom. The first-order chi connectivity index (χ1) is 13.2. The zero-order valence-corrected chi connectivity index (χ0v) is 17.2. The molecule has 2 aromatic heterocycles. The van der Waals surface area contributed by atoms with E-state index in [9.17, 15) is 0 Å². The second kappa shape index (κ2) is 8.44. The monoisotopic (exact) mass is 386 g/mol. The molecule has 0 aliphatic carbocycles. The normalized spacial score (nSPS) is 20.9. The third-order valence-electron chi connectivity index (χ3n) is 5.58. The molecule has 0 aromatic carbocycles. The summed E-state index contributed by atoms with van der Waals surface area (Å²) in [4.78, 5) is 11.5. The molecular formula is C20H30N6S. The summed E-state index contributed by atoms with van der Waals surface area (Å²) in [5.74, 6) is 1.62. The van der Waals surface area contributed by atoms with Gasteiger partial charge in [0.25, 0.3) is 0 Å². The van der Waals surface area contributed by atoms with E-state index in [1.165, 1.54) is 24.0 Å². The van der Waals surface area contributed by atoms with E-state index in [1.807, 2.05) is 29.3 Å². The summed E-state index contributed by atoms with van der Waals surface area (Å²) < 4.78 is 1.90. The van der Waals surface area contributed by atoms with Gasteiger partial charge in [0.15, 0.2) is 5.96 Å². The maximum absolute atomic E-state index is 4.94. The lowest BCUT2D eigenvalue weighted by molar-refractivity contribution is 0.263. The summed E-state index contributed by atoms with van der Waals surface area (Å²) in [7, 11) is 1.99. The van der Waals surface area contributed by atoms with Crippen LogP contribution in [0.25, 0.3) is 0 Å². The molecule has 2 aliphatic rings. The molecule has 7 heteroatoms. The topological polar surface area (TPSA) is 48.7 Å². The van der Waals surface area contributed by atoms with E-state index in [2.05, 4.69) is 44.8 Å². The van der Waals surface area contributed by atoms with Gasteiger partial charge in [0.1, 0.15) is 0 Å². The van der Waals surface area contributed by atoms with Crippen molar-refractivity contribution in [3.63, 3.8) is 0 Å². The third-order valence-corrected chi connectivity index (χ3v) is 6.61. The number of nitrogens with zero attached hydrogens (tertiary/aromatic N) is 5. The van der Waals surface area contributed by atoms with E-state index in [1.54, 1.807) is 4.88 Å². The van der Waals surface area contributed by atoms with Crippen LogP contribution in [-0.2, 0) is 20.0 Å². The van der Waals surface area contributed by atoms with Crippen LogP contribution >= 0.6 is 11.3 Å². The summed E-state index contributed by atoms with van der Waals surface area (Å²) >= 11 is 1.90. The van der Waals surface area contributed by atoms with E-state index >= 15 is 0 Å². The standard InChI is InChI=1S/C20H30N6S/c1-3-21-20(26-9-4-16(15-26)18-12-23-24(2)13-18)22-7-10-25-8-5-19-17(14-25)6-11-27-19/h6,11-13,16H,3-5,7-10,14-15H2,1-2H3,(H,21,22). The van der Waals surface area contributed by atoms with Crippen LogP contribution in [-0.4, -0.2) is 64.8 Å². The average Bonchev–Trinajstić information content (AvgIpc) is 3.40. The van der Waals surface area contributed by atoms with Gasteiger partial charge in [-0.15, -0.1) is 11.3 Å². The molecule has 27 heavy (non-hydrogen) atoms. The van der Waals surface area contributed by atoms with Gasteiger partial charge < -0.3 is 10.2 Å². The largest absolute Gasteiger partial charge is 0.357 e.